The molecule has 1 atom stereocenters. The van der Waals surface area contributed by atoms with Crippen LogP contribution in [0.4, 0.5) is 0 Å². The van der Waals surface area contributed by atoms with Crippen molar-refractivity contribution < 1.29 is 0 Å². The van der Waals surface area contributed by atoms with Crippen molar-refractivity contribution in [1.29, 1.82) is 0 Å². The minimum absolute atomic E-state index is 0.432. The molecular formula is C12H16N4S. The standard InChI is InChI=1S/C12H16N4S/c1-8(3-4-13)12-11(16-9(2)17-12)10-5-14-7-15-6-10/h5-8H,3-4,13H2,1-2H3. The summed E-state index contributed by atoms with van der Waals surface area (Å²) in [5.74, 6) is 0.432. The van der Waals surface area contributed by atoms with E-state index < -0.39 is 0 Å². The maximum absolute atomic E-state index is 5.62. The smallest absolute Gasteiger partial charge is 0.115 e. The van der Waals surface area contributed by atoms with Crippen LogP contribution in [0.25, 0.3) is 11.3 Å². The van der Waals surface area contributed by atoms with Crippen LogP contribution >= 0.6 is 11.3 Å². The third kappa shape index (κ3) is 2.68. The number of nitrogens with zero attached hydrogens (tertiary/aromatic N) is 3. The van der Waals surface area contributed by atoms with Crippen LogP contribution in [0.15, 0.2) is 18.7 Å². The molecule has 17 heavy (non-hydrogen) atoms. The number of aryl methyl sites for hydroxylation is 1. The zero-order chi connectivity index (χ0) is 12.3. The topological polar surface area (TPSA) is 64.7 Å². The van der Waals surface area contributed by atoms with Crippen molar-refractivity contribution in [2.45, 2.75) is 26.2 Å². The van der Waals surface area contributed by atoms with Crippen LogP contribution in [-0.2, 0) is 0 Å². The van der Waals surface area contributed by atoms with Gasteiger partial charge in [-0.2, -0.15) is 0 Å². The number of aromatic nitrogens is 3. The molecule has 0 aliphatic carbocycles. The molecule has 0 amide bonds. The molecule has 0 fully saturated rings. The summed E-state index contributed by atoms with van der Waals surface area (Å²) in [6.07, 6.45) is 6.12. The number of hydrogen-bond acceptors (Lipinski definition) is 5. The van der Waals surface area contributed by atoms with E-state index in [4.69, 9.17) is 5.73 Å². The first-order valence-electron chi connectivity index (χ1n) is 5.65. The van der Waals surface area contributed by atoms with Crippen molar-refractivity contribution in [2.75, 3.05) is 6.54 Å². The minimum atomic E-state index is 0.432. The summed E-state index contributed by atoms with van der Waals surface area (Å²) < 4.78 is 0. The number of hydrogen-bond donors (Lipinski definition) is 1. The van der Waals surface area contributed by atoms with Gasteiger partial charge in [-0.25, -0.2) is 15.0 Å². The molecule has 0 aromatic carbocycles. The van der Waals surface area contributed by atoms with Crippen molar-refractivity contribution in [2.24, 2.45) is 5.73 Å². The fourth-order valence-corrected chi connectivity index (χ4v) is 2.82. The Labute approximate surface area is 105 Å². The van der Waals surface area contributed by atoms with E-state index in [1.54, 1.807) is 23.7 Å². The van der Waals surface area contributed by atoms with Gasteiger partial charge in [-0.1, -0.05) is 6.92 Å². The van der Waals surface area contributed by atoms with Gasteiger partial charge in [0.15, 0.2) is 0 Å². The summed E-state index contributed by atoms with van der Waals surface area (Å²) in [6.45, 7) is 4.91. The Morgan fingerprint density at radius 2 is 2.06 bits per heavy atom. The fourth-order valence-electron chi connectivity index (χ4n) is 1.79. The Bertz CT molecular complexity index is 481. The molecule has 2 aromatic heterocycles. The summed E-state index contributed by atoms with van der Waals surface area (Å²) in [5, 5.41) is 1.07. The van der Waals surface area contributed by atoms with Gasteiger partial charge in [0, 0.05) is 22.8 Å². The van der Waals surface area contributed by atoms with E-state index in [0.717, 1.165) is 22.7 Å². The normalized spacial score (nSPS) is 12.6. The van der Waals surface area contributed by atoms with E-state index in [-0.39, 0.29) is 0 Å². The first-order chi connectivity index (χ1) is 8.22. The second-order valence-corrected chi connectivity index (χ2v) is 5.29. The molecule has 2 N–H and O–H groups in total. The Hall–Kier alpha value is -1.33. The van der Waals surface area contributed by atoms with Gasteiger partial charge in [-0.15, -0.1) is 11.3 Å². The molecule has 2 aromatic rings. The lowest BCUT2D eigenvalue weighted by Gasteiger charge is -2.09. The lowest BCUT2D eigenvalue weighted by atomic mass is 10.0. The van der Waals surface area contributed by atoms with Gasteiger partial charge in [0.2, 0.25) is 0 Å². The predicted octanol–water partition coefficient (Wildman–Crippen LogP) is 2.36. The Morgan fingerprint density at radius 3 is 2.71 bits per heavy atom. The molecule has 0 saturated carbocycles. The van der Waals surface area contributed by atoms with Crippen molar-refractivity contribution >= 4 is 11.3 Å². The molecule has 90 valence electrons. The maximum atomic E-state index is 5.62. The highest BCUT2D eigenvalue weighted by Gasteiger charge is 2.16. The highest BCUT2D eigenvalue weighted by Crippen LogP contribution is 2.34. The van der Waals surface area contributed by atoms with Gasteiger partial charge < -0.3 is 5.73 Å². The van der Waals surface area contributed by atoms with E-state index in [1.807, 2.05) is 6.92 Å². The van der Waals surface area contributed by atoms with E-state index in [1.165, 1.54) is 11.2 Å². The summed E-state index contributed by atoms with van der Waals surface area (Å²) in [4.78, 5) is 14.0. The van der Waals surface area contributed by atoms with Crippen LogP contribution in [0.2, 0.25) is 0 Å². The molecule has 1 unspecified atom stereocenters. The zero-order valence-electron chi connectivity index (χ0n) is 10.1. The maximum Gasteiger partial charge on any atom is 0.115 e. The fraction of sp³-hybridized carbons (Fsp3) is 0.417. The largest absolute Gasteiger partial charge is 0.330 e. The molecule has 5 heteroatoms. The highest BCUT2D eigenvalue weighted by molar-refractivity contribution is 7.12. The van der Waals surface area contributed by atoms with Gasteiger partial charge in [-0.05, 0) is 25.8 Å². The Balaban J connectivity index is 2.40. The summed E-state index contributed by atoms with van der Waals surface area (Å²) in [5.41, 5.74) is 7.61. The first-order valence-corrected chi connectivity index (χ1v) is 6.46. The second-order valence-electron chi connectivity index (χ2n) is 4.05. The quantitative estimate of drug-likeness (QED) is 0.902. The SMILES string of the molecule is Cc1nc(-c2cncnc2)c(C(C)CCN)s1. The second kappa shape index (κ2) is 5.33. The van der Waals surface area contributed by atoms with Crippen molar-refractivity contribution in [3.05, 3.63) is 28.6 Å². The number of rotatable bonds is 4. The number of thiazole rings is 1. The van der Waals surface area contributed by atoms with Crippen LogP contribution < -0.4 is 5.73 Å². The average Bonchev–Trinajstić information content (AvgIpc) is 2.73. The van der Waals surface area contributed by atoms with Gasteiger partial charge in [0.05, 0.1) is 10.7 Å². The molecule has 4 nitrogen and oxygen atoms in total. The molecule has 0 aliphatic heterocycles. The molecule has 0 radical (unpaired) electrons. The van der Waals surface area contributed by atoms with E-state index in [9.17, 15) is 0 Å². The van der Waals surface area contributed by atoms with Gasteiger partial charge >= 0.3 is 0 Å². The van der Waals surface area contributed by atoms with E-state index in [0.29, 0.717) is 12.5 Å². The zero-order valence-corrected chi connectivity index (χ0v) is 10.9. The summed E-state index contributed by atoms with van der Waals surface area (Å²) in [7, 11) is 0. The van der Waals surface area contributed by atoms with Crippen molar-refractivity contribution in [1.82, 2.24) is 15.0 Å². The lowest BCUT2D eigenvalue weighted by Crippen LogP contribution is -2.04. The highest BCUT2D eigenvalue weighted by atomic mass is 32.1. The molecule has 2 heterocycles. The molecule has 2 rings (SSSR count). The van der Waals surface area contributed by atoms with E-state index in [2.05, 4.69) is 21.9 Å². The third-order valence-electron chi connectivity index (χ3n) is 2.64. The van der Waals surface area contributed by atoms with E-state index >= 15 is 0 Å². The van der Waals surface area contributed by atoms with Gasteiger partial charge in [0.25, 0.3) is 0 Å². The van der Waals surface area contributed by atoms with Gasteiger partial charge in [-0.3, -0.25) is 0 Å². The van der Waals surface area contributed by atoms with Crippen LogP contribution in [0.5, 0.6) is 0 Å². The Morgan fingerprint density at radius 1 is 1.35 bits per heavy atom. The first kappa shape index (κ1) is 12.1. The number of nitrogens with two attached hydrogens (primary N) is 1. The summed E-state index contributed by atoms with van der Waals surface area (Å²) in [6, 6.07) is 0. The van der Waals surface area contributed by atoms with Crippen LogP contribution in [0.3, 0.4) is 0 Å². The van der Waals surface area contributed by atoms with Gasteiger partial charge in [0.1, 0.15) is 6.33 Å². The summed E-state index contributed by atoms with van der Waals surface area (Å²) >= 11 is 1.74. The average molecular weight is 248 g/mol. The molecular weight excluding hydrogens is 232 g/mol. The molecule has 0 saturated heterocycles. The molecule has 0 aliphatic rings. The molecule has 0 bridgehead atoms. The molecule has 0 spiro atoms. The van der Waals surface area contributed by atoms with Crippen LogP contribution in [0, 0.1) is 6.92 Å². The predicted molar refractivity (Wildman–Crippen MR) is 70.0 cm³/mol. The van der Waals surface area contributed by atoms with Crippen LogP contribution in [0.1, 0.15) is 29.1 Å². The Kier molecular flexibility index (Phi) is 3.81. The lowest BCUT2D eigenvalue weighted by molar-refractivity contribution is 0.701. The van der Waals surface area contributed by atoms with Crippen LogP contribution in [-0.4, -0.2) is 21.5 Å². The third-order valence-corrected chi connectivity index (χ3v) is 3.84. The minimum Gasteiger partial charge on any atom is -0.330 e. The van der Waals surface area contributed by atoms with Crippen molar-refractivity contribution in [3.8, 4) is 11.3 Å². The monoisotopic (exact) mass is 248 g/mol. The van der Waals surface area contributed by atoms with Crippen molar-refractivity contribution in [3.63, 3.8) is 0 Å².